The number of rotatable bonds is 5. The van der Waals surface area contributed by atoms with Gasteiger partial charge in [0.15, 0.2) is 10.1 Å². The van der Waals surface area contributed by atoms with Gasteiger partial charge in [0.05, 0.1) is 16.6 Å². The van der Waals surface area contributed by atoms with Gasteiger partial charge in [-0.25, -0.2) is 9.97 Å². The summed E-state index contributed by atoms with van der Waals surface area (Å²) >= 11 is 6.30. The number of aromatic nitrogens is 4. The molecule has 0 N–H and O–H groups in total. The van der Waals surface area contributed by atoms with Gasteiger partial charge in [-0.15, -0.1) is 11.3 Å². The van der Waals surface area contributed by atoms with E-state index < -0.39 is 0 Å². The lowest BCUT2D eigenvalue weighted by molar-refractivity contribution is 0.584. The molecule has 0 bridgehead atoms. The normalized spacial score (nSPS) is 11.5. The lowest BCUT2D eigenvalue weighted by atomic mass is 10.2. The van der Waals surface area contributed by atoms with Gasteiger partial charge in [0.1, 0.15) is 0 Å². The van der Waals surface area contributed by atoms with Gasteiger partial charge in [-0.2, -0.15) is 0 Å². The Kier molecular flexibility index (Phi) is 5.39. The van der Waals surface area contributed by atoms with Gasteiger partial charge in [0, 0.05) is 33.9 Å². The van der Waals surface area contributed by atoms with E-state index in [4.69, 9.17) is 4.98 Å². The molecule has 3 aromatic heterocycles. The number of halogens is 1. The Morgan fingerprint density at radius 2 is 2.04 bits per heavy atom. The number of thiazole rings is 1. The standard InChI is InChI=1S/C19H17BrN4O2S2/c1-3-6-23-17(26)14-7-12(20)4-5-15(14)22-18(23)28-10-13-8-16(25)24-11(2)9-27-19(24)21-13/h4-5,7-9H,3,6,10H2,1-2H3. The van der Waals surface area contributed by atoms with Crippen LogP contribution in [0.1, 0.15) is 24.7 Å². The van der Waals surface area contributed by atoms with Crippen LogP contribution in [0, 0.1) is 6.92 Å². The summed E-state index contributed by atoms with van der Waals surface area (Å²) in [5, 5.41) is 3.16. The fourth-order valence-electron chi connectivity index (χ4n) is 3.02. The quantitative estimate of drug-likeness (QED) is 0.318. The lowest BCUT2D eigenvalue weighted by Gasteiger charge is -2.12. The monoisotopic (exact) mass is 476 g/mol. The first-order valence-electron chi connectivity index (χ1n) is 8.77. The van der Waals surface area contributed by atoms with Crippen LogP contribution in [-0.2, 0) is 12.3 Å². The highest BCUT2D eigenvalue weighted by Crippen LogP contribution is 2.23. The summed E-state index contributed by atoms with van der Waals surface area (Å²) in [5.74, 6) is 0.473. The van der Waals surface area contributed by atoms with Crippen molar-refractivity contribution in [1.82, 2.24) is 18.9 Å². The molecule has 0 atom stereocenters. The second-order valence-corrected chi connectivity index (χ2v) is 9.08. The van der Waals surface area contributed by atoms with E-state index in [0.29, 0.717) is 39.0 Å². The number of benzene rings is 1. The molecule has 0 aliphatic heterocycles. The lowest BCUT2D eigenvalue weighted by Crippen LogP contribution is -2.23. The summed E-state index contributed by atoms with van der Waals surface area (Å²) in [7, 11) is 0. The minimum absolute atomic E-state index is 0.0481. The minimum atomic E-state index is -0.0818. The number of aryl methyl sites for hydroxylation is 1. The Hall–Kier alpha value is -1.97. The molecule has 1 aromatic carbocycles. The maximum absolute atomic E-state index is 13.0. The molecule has 3 heterocycles. The van der Waals surface area contributed by atoms with Gasteiger partial charge < -0.3 is 0 Å². The van der Waals surface area contributed by atoms with Crippen LogP contribution < -0.4 is 11.1 Å². The Morgan fingerprint density at radius 1 is 1.21 bits per heavy atom. The molecule has 28 heavy (non-hydrogen) atoms. The van der Waals surface area contributed by atoms with Crippen molar-refractivity contribution in [3.8, 4) is 0 Å². The maximum Gasteiger partial charge on any atom is 0.262 e. The average molecular weight is 477 g/mol. The van der Waals surface area contributed by atoms with Crippen LogP contribution >= 0.6 is 39.0 Å². The first-order valence-corrected chi connectivity index (χ1v) is 11.4. The summed E-state index contributed by atoms with van der Waals surface area (Å²) in [6, 6.07) is 7.08. The Bertz CT molecular complexity index is 1310. The van der Waals surface area contributed by atoms with Crippen molar-refractivity contribution in [2.24, 2.45) is 0 Å². The molecule has 0 saturated carbocycles. The number of hydrogen-bond acceptors (Lipinski definition) is 6. The van der Waals surface area contributed by atoms with Crippen LogP contribution in [0.5, 0.6) is 0 Å². The summed E-state index contributed by atoms with van der Waals surface area (Å²) < 4.78 is 4.17. The average Bonchev–Trinajstić information content (AvgIpc) is 3.04. The number of nitrogens with zero attached hydrogens (tertiary/aromatic N) is 4. The number of fused-ring (bicyclic) bond motifs is 2. The second-order valence-electron chi connectivity index (χ2n) is 6.38. The fourth-order valence-corrected chi connectivity index (χ4v) is 5.19. The summed E-state index contributed by atoms with van der Waals surface area (Å²) in [6.45, 7) is 4.51. The van der Waals surface area contributed by atoms with Gasteiger partial charge in [-0.05, 0) is 31.5 Å². The fraction of sp³-hybridized carbons (Fsp3) is 0.263. The van der Waals surface area contributed by atoms with Gasteiger partial charge in [-0.1, -0.05) is 34.6 Å². The van der Waals surface area contributed by atoms with E-state index in [1.807, 2.05) is 31.4 Å². The van der Waals surface area contributed by atoms with E-state index in [9.17, 15) is 9.59 Å². The van der Waals surface area contributed by atoms with Crippen molar-refractivity contribution in [3.05, 3.63) is 66.2 Å². The molecule has 0 saturated heterocycles. The smallest absolute Gasteiger partial charge is 0.262 e. The van der Waals surface area contributed by atoms with Gasteiger partial charge in [0.2, 0.25) is 0 Å². The van der Waals surface area contributed by atoms with Crippen molar-refractivity contribution in [2.45, 2.75) is 37.7 Å². The van der Waals surface area contributed by atoms with Crippen LogP contribution in [-0.4, -0.2) is 18.9 Å². The molecule has 0 aliphatic rings. The van der Waals surface area contributed by atoms with Crippen molar-refractivity contribution < 1.29 is 0 Å². The highest BCUT2D eigenvalue weighted by molar-refractivity contribution is 9.10. The molecule has 0 spiro atoms. The predicted molar refractivity (Wildman–Crippen MR) is 118 cm³/mol. The first-order chi connectivity index (χ1) is 13.5. The molecule has 144 valence electrons. The van der Waals surface area contributed by atoms with Crippen LogP contribution in [0.4, 0.5) is 0 Å². The molecule has 6 nitrogen and oxygen atoms in total. The van der Waals surface area contributed by atoms with E-state index in [1.165, 1.54) is 23.1 Å². The molecular weight excluding hydrogens is 460 g/mol. The van der Waals surface area contributed by atoms with E-state index in [0.717, 1.165) is 16.6 Å². The third-order valence-electron chi connectivity index (χ3n) is 4.31. The topological polar surface area (TPSA) is 69.3 Å². The highest BCUT2D eigenvalue weighted by atomic mass is 79.9. The van der Waals surface area contributed by atoms with Crippen molar-refractivity contribution in [3.63, 3.8) is 0 Å². The molecule has 0 aliphatic carbocycles. The van der Waals surface area contributed by atoms with E-state index in [1.54, 1.807) is 21.1 Å². The zero-order chi connectivity index (χ0) is 19.8. The van der Waals surface area contributed by atoms with Crippen LogP contribution in [0.25, 0.3) is 15.9 Å². The summed E-state index contributed by atoms with van der Waals surface area (Å²) in [4.78, 5) is 35.3. The van der Waals surface area contributed by atoms with Gasteiger partial charge in [-0.3, -0.25) is 18.6 Å². The van der Waals surface area contributed by atoms with Gasteiger partial charge in [0.25, 0.3) is 11.1 Å². The zero-order valence-corrected chi connectivity index (χ0v) is 18.5. The van der Waals surface area contributed by atoms with Crippen molar-refractivity contribution >= 4 is 54.9 Å². The summed E-state index contributed by atoms with van der Waals surface area (Å²) in [5.41, 5.74) is 2.11. The summed E-state index contributed by atoms with van der Waals surface area (Å²) in [6.07, 6.45) is 0.828. The van der Waals surface area contributed by atoms with Crippen LogP contribution in [0.3, 0.4) is 0 Å². The Labute approximate surface area is 177 Å². The van der Waals surface area contributed by atoms with Crippen LogP contribution in [0.15, 0.2) is 48.9 Å². The van der Waals surface area contributed by atoms with E-state index in [2.05, 4.69) is 20.9 Å². The predicted octanol–water partition coefficient (Wildman–Crippen LogP) is 4.24. The molecule has 4 aromatic rings. The van der Waals surface area contributed by atoms with Crippen molar-refractivity contribution in [1.29, 1.82) is 0 Å². The van der Waals surface area contributed by atoms with E-state index in [-0.39, 0.29) is 11.1 Å². The molecular formula is C19H17BrN4O2S2. The molecule has 0 unspecified atom stereocenters. The Morgan fingerprint density at radius 3 is 2.82 bits per heavy atom. The molecule has 0 fully saturated rings. The minimum Gasteiger partial charge on any atom is -0.287 e. The molecule has 0 amide bonds. The molecule has 4 rings (SSSR count). The second kappa shape index (κ2) is 7.81. The van der Waals surface area contributed by atoms with Crippen LogP contribution in [0.2, 0.25) is 0 Å². The first kappa shape index (κ1) is 19.4. The molecule has 0 radical (unpaired) electrons. The van der Waals surface area contributed by atoms with Gasteiger partial charge >= 0.3 is 0 Å². The molecule has 9 heteroatoms. The maximum atomic E-state index is 13.0. The largest absolute Gasteiger partial charge is 0.287 e. The van der Waals surface area contributed by atoms with E-state index >= 15 is 0 Å². The Balaban J connectivity index is 1.73. The third-order valence-corrected chi connectivity index (χ3v) is 6.75. The SMILES string of the molecule is CCCn1c(SCc2cc(=O)n3c(C)csc3n2)nc2ccc(Br)cc2c1=O. The van der Waals surface area contributed by atoms with Crippen molar-refractivity contribution in [2.75, 3.05) is 0 Å². The zero-order valence-electron chi connectivity index (χ0n) is 15.3. The number of hydrogen-bond donors (Lipinski definition) is 0. The third kappa shape index (κ3) is 3.54. The highest BCUT2D eigenvalue weighted by Gasteiger charge is 2.13. The number of thioether (sulfide) groups is 1.